The van der Waals surface area contributed by atoms with Crippen molar-refractivity contribution in [2.24, 2.45) is 0 Å². The number of hydrogen-bond acceptors (Lipinski definition) is 3. The summed E-state index contributed by atoms with van der Waals surface area (Å²) >= 11 is 3.23. The summed E-state index contributed by atoms with van der Waals surface area (Å²) in [6.45, 7) is 1.74. The Morgan fingerprint density at radius 1 is 1.12 bits per heavy atom. The molecule has 0 bridgehead atoms. The van der Waals surface area contributed by atoms with E-state index in [2.05, 4.69) is 31.2 Å². The van der Waals surface area contributed by atoms with Crippen LogP contribution < -0.4 is 5.32 Å². The summed E-state index contributed by atoms with van der Waals surface area (Å²) in [6.07, 6.45) is 0. The second-order valence-corrected chi connectivity index (χ2v) is 4.19. The summed E-state index contributed by atoms with van der Waals surface area (Å²) in [5.74, 6) is -0.699. The first kappa shape index (κ1) is 11.9. The number of aryl methyl sites for hydroxylation is 1. The lowest BCUT2D eigenvalue weighted by atomic mass is 10.3. The largest absolute Gasteiger partial charge is 0.340 e. The third-order valence-corrected chi connectivity index (χ3v) is 2.40. The summed E-state index contributed by atoms with van der Waals surface area (Å²) in [6, 6.07) is 5.21. The van der Waals surface area contributed by atoms with Crippen molar-refractivity contribution in [3.8, 4) is 0 Å². The first-order chi connectivity index (χ1) is 8.04. The highest BCUT2D eigenvalue weighted by Crippen LogP contribution is 2.19. The number of hydrogen-bond donors (Lipinski definition) is 1. The first-order valence-corrected chi connectivity index (χ1v) is 5.57. The van der Waals surface area contributed by atoms with Crippen molar-refractivity contribution in [1.29, 1.82) is 0 Å². The van der Waals surface area contributed by atoms with E-state index in [4.69, 9.17) is 0 Å². The normalized spacial score (nSPS) is 10.4. The fourth-order valence-electron chi connectivity index (χ4n) is 1.32. The molecule has 1 N–H and O–H groups in total. The number of benzene rings is 1. The molecule has 0 aliphatic rings. The van der Waals surface area contributed by atoms with E-state index in [1.54, 1.807) is 13.0 Å². The average Bonchev–Trinajstić information content (AvgIpc) is 2.22. The number of rotatable bonds is 2. The quantitative estimate of drug-likeness (QED) is 0.862. The van der Waals surface area contributed by atoms with Crippen molar-refractivity contribution in [1.82, 2.24) is 9.97 Å². The van der Waals surface area contributed by atoms with Crippen LogP contribution in [0, 0.1) is 18.6 Å². The smallest absolute Gasteiger partial charge is 0.160 e. The van der Waals surface area contributed by atoms with E-state index >= 15 is 0 Å². The van der Waals surface area contributed by atoms with E-state index in [1.165, 1.54) is 6.07 Å². The first-order valence-electron chi connectivity index (χ1n) is 4.78. The van der Waals surface area contributed by atoms with Crippen molar-refractivity contribution < 1.29 is 8.78 Å². The van der Waals surface area contributed by atoms with Crippen LogP contribution in [0.1, 0.15) is 5.82 Å². The molecule has 0 fully saturated rings. The van der Waals surface area contributed by atoms with Gasteiger partial charge in [0.1, 0.15) is 16.2 Å². The molecule has 2 aromatic rings. The molecule has 0 saturated carbocycles. The fraction of sp³-hybridized carbons (Fsp3) is 0.0909. The molecule has 0 spiro atoms. The monoisotopic (exact) mass is 299 g/mol. The van der Waals surface area contributed by atoms with E-state index in [0.29, 0.717) is 21.9 Å². The fourth-order valence-corrected chi connectivity index (χ4v) is 1.79. The van der Waals surface area contributed by atoms with Crippen molar-refractivity contribution in [3.63, 3.8) is 0 Å². The van der Waals surface area contributed by atoms with E-state index in [9.17, 15) is 8.78 Å². The summed E-state index contributed by atoms with van der Waals surface area (Å²) in [4.78, 5) is 8.15. The molecule has 1 aromatic carbocycles. The van der Waals surface area contributed by atoms with Gasteiger partial charge in [-0.3, -0.25) is 0 Å². The Hall–Kier alpha value is -1.56. The molecule has 0 unspecified atom stereocenters. The Morgan fingerprint density at radius 2 is 1.88 bits per heavy atom. The van der Waals surface area contributed by atoms with Crippen LogP contribution in [0.5, 0.6) is 0 Å². The van der Waals surface area contributed by atoms with Gasteiger partial charge in [0.05, 0.1) is 0 Å². The molecule has 0 aliphatic heterocycles. The zero-order valence-corrected chi connectivity index (χ0v) is 10.4. The van der Waals surface area contributed by atoms with Crippen LogP contribution >= 0.6 is 15.9 Å². The molecule has 0 amide bonds. The van der Waals surface area contributed by atoms with Gasteiger partial charge in [-0.1, -0.05) is 0 Å². The van der Waals surface area contributed by atoms with Gasteiger partial charge in [-0.2, -0.15) is 0 Å². The highest BCUT2D eigenvalue weighted by molar-refractivity contribution is 9.10. The number of nitrogens with zero attached hydrogens (tertiary/aromatic N) is 2. The Morgan fingerprint density at radius 3 is 2.53 bits per heavy atom. The van der Waals surface area contributed by atoms with E-state index in [-0.39, 0.29) is 0 Å². The Kier molecular flexibility index (Phi) is 3.33. The van der Waals surface area contributed by atoms with E-state index in [0.717, 1.165) is 12.1 Å². The van der Waals surface area contributed by atoms with E-state index in [1.807, 2.05) is 0 Å². The highest BCUT2D eigenvalue weighted by Gasteiger charge is 2.04. The Bertz CT molecular complexity index is 540. The predicted octanol–water partition coefficient (Wildman–Crippen LogP) is 3.57. The number of halogens is 3. The minimum atomic E-state index is -0.903. The van der Waals surface area contributed by atoms with Gasteiger partial charge >= 0.3 is 0 Å². The molecule has 1 aromatic heterocycles. The zero-order chi connectivity index (χ0) is 12.4. The molecule has 17 heavy (non-hydrogen) atoms. The summed E-state index contributed by atoms with van der Waals surface area (Å²) in [5, 5.41) is 2.87. The number of anilines is 2. The van der Waals surface area contributed by atoms with Crippen LogP contribution in [-0.4, -0.2) is 9.97 Å². The lowest BCUT2D eigenvalue weighted by Gasteiger charge is -2.06. The third kappa shape index (κ3) is 2.97. The molecule has 6 heteroatoms. The molecule has 0 aliphatic carbocycles. The topological polar surface area (TPSA) is 37.8 Å². The van der Waals surface area contributed by atoms with Crippen molar-refractivity contribution in [2.75, 3.05) is 5.32 Å². The minimum absolute atomic E-state index is 0.425. The van der Waals surface area contributed by atoms with Crippen LogP contribution in [0.4, 0.5) is 20.3 Å². The standard InChI is InChI=1S/C11H8BrF2N3/c1-6-15-10(12)5-11(16-6)17-7-2-3-8(13)9(14)4-7/h2-5H,1H3,(H,15,16,17). The molecule has 0 saturated heterocycles. The van der Waals surface area contributed by atoms with Gasteiger partial charge in [0, 0.05) is 17.8 Å². The van der Waals surface area contributed by atoms with Crippen molar-refractivity contribution in [2.45, 2.75) is 6.92 Å². The molecule has 0 atom stereocenters. The highest BCUT2D eigenvalue weighted by atomic mass is 79.9. The molecule has 88 valence electrons. The Labute approximate surface area is 105 Å². The SMILES string of the molecule is Cc1nc(Br)cc(Nc2ccc(F)c(F)c2)n1. The van der Waals surface area contributed by atoms with Gasteiger partial charge < -0.3 is 5.32 Å². The van der Waals surface area contributed by atoms with Crippen molar-refractivity contribution >= 4 is 27.4 Å². The molecule has 3 nitrogen and oxygen atoms in total. The van der Waals surface area contributed by atoms with Crippen LogP contribution in [0.15, 0.2) is 28.9 Å². The van der Waals surface area contributed by atoms with Gasteiger partial charge in [0.25, 0.3) is 0 Å². The van der Waals surface area contributed by atoms with Gasteiger partial charge in [-0.25, -0.2) is 18.7 Å². The molecule has 0 radical (unpaired) electrons. The van der Waals surface area contributed by atoms with Gasteiger partial charge in [0.2, 0.25) is 0 Å². The molecule has 2 rings (SSSR count). The lowest BCUT2D eigenvalue weighted by Crippen LogP contribution is -1.98. The molecule has 1 heterocycles. The average molecular weight is 300 g/mol. The van der Waals surface area contributed by atoms with Crippen LogP contribution in [0.2, 0.25) is 0 Å². The molecular weight excluding hydrogens is 292 g/mol. The predicted molar refractivity (Wildman–Crippen MR) is 64.1 cm³/mol. The third-order valence-electron chi connectivity index (χ3n) is 2.00. The van der Waals surface area contributed by atoms with Gasteiger partial charge in [0.15, 0.2) is 11.6 Å². The van der Waals surface area contributed by atoms with Crippen LogP contribution in [0.25, 0.3) is 0 Å². The second kappa shape index (κ2) is 4.75. The maximum absolute atomic E-state index is 13.0. The number of nitrogens with one attached hydrogen (secondary N) is 1. The zero-order valence-electron chi connectivity index (χ0n) is 8.84. The second-order valence-electron chi connectivity index (χ2n) is 3.38. The van der Waals surface area contributed by atoms with E-state index < -0.39 is 11.6 Å². The van der Waals surface area contributed by atoms with Gasteiger partial charge in [-0.05, 0) is 35.0 Å². The van der Waals surface area contributed by atoms with Gasteiger partial charge in [-0.15, -0.1) is 0 Å². The Balaban J connectivity index is 2.28. The van der Waals surface area contributed by atoms with Crippen molar-refractivity contribution in [3.05, 3.63) is 46.3 Å². The molecular formula is C11H8BrF2N3. The number of aromatic nitrogens is 2. The maximum atomic E-state index is 13.0. The summed E-state index contributed by atoms with van der Waals surface area (Å²) in [7, 11) is 0. The van der Waals surface area contributed by atoms with Crippen LogP contribution in [0.3, 0.4) is 0 Å². The summed E-state index contributed by atoms with van der Waals surface area (Å²) < 4.78 is 26.3. The lowest BCUT2D eigenvalue weighted by molar-refractivity contribution is 0.509. The maximum Gasteiger partial charge on any atom is 0.160 e. The summed E-state index contributed by atoms with van der Waals surface area (Å²) in [5.41, 5.74) is 0.425. The van der Waals surface area contributed by atoms with Crippen LogP contribution in [-0.2, 0) is 0 Å². The minimum Gasteiger partial charge on any atom is -0.340 e.